The molecule has 2 fully saturated rings. The summed E-state index contributed by atoms with van der Waals surface area (Å²) in [4.78, 5) is 0. The maximum absolute atomic E-state index is 2.55. The number of rotatable bonds is 4. The molecule has 2 aliphatic rings. The smallest absolute Gasteiger partial charge is 0.0326 e. The summed E-state index contributed by atoms with van der Waals surface area (Å²) in [6.07, 6.45) is 8.89. The van der Waals surface area contributed by atoms with Gasteiger partial charge in [-0.15, -0.1) is 0 Å². The lowest BCUT2D eigenvalue weighted by Gasteiger charge is -2.57. The van der Waals surface area contributed by atoms with Crippen molar-refractivity contribution in [3.05, 3.63) is 0 Å². The number of unbranched alkanes of at least 4 members (excludes halogenated alkanes) is 2. The molecule has 2 rings (SSSR count). The standard InChI is InChI=1S/C16H30/c1-5-6-7-8-14-9-10-15-11(2)12(3)16(15)13(14)4/h11-16H,5-10H2,1-4H3. The molecular formula is C16H30. The molecule has 0 aromatic carbocycles. The molecule has 0 radical (unpaired) electrons. The van der Waals surface area contributed by atoms with E-state index in [1.54, 1.807) is 0 Å². The normalized spacial score (nSPS) is 47.2. The second kappa shape index (κ2) is 5.10. The van der Waals surface area contributed by atoms with E-state index in [4.69, 9.17) is 0 Å². The minimum absolute atomic E-state index is 1.01. The first-order valence-corrected chi connectivity index (χ1v) is 7.66. The molecule has 0 saturated heterocycles. The second-order valence-corrected chi connectivity index (χ2v) is 6.65. The van der Waals surface area contributed by atoms with Crippen molar-refractivity contribution in [2.24, 2.45) is 35.5 Å². The molecule has 6 unspecified atom stereocenters. The molecule has 2 aliphatic carbocycles. The molecule has 0 aromatic rings. The Balaban J connectivity index is 1.85. The molecule has 94 valence electrons. The Hall–Kier alpha value is 0. The highest BCUT2D eigenvalue weighted by atomic mass is 14.6. The van der Waals surface area contributed by atoms with E-state index in [1.165, 1.54) is 38.5 Å². The van der Waals surface area contributed by atoms with Gasteiger partial charge in [-0.2, -0.15) is 0 Å². The van der Waals surface area contributed by atoms with Crippen LogP contribution >= 0.6 is 0 Å². The van der Waals surface area contributed by atoms with Crippen LogP contribution in [0.3, 0.4) is 0 Å². The van der Waals surface area contributed by atoms with Crippen molar-refractivity contribution in [3.8, 4) is 0 Å². The zero-order valence-electron chi connectivity index (χ0n) is 11.7. The summed E-state index contributed by atoms with van der Waals surface area (Å²) >= 11 is 0. The fourth-order valence-electron chi connectivity index (χ4n) is 4.71. The third-order valence-electron chi connectivity index (χ3n) is 6.01. The average Bonchev–Trinajstić information content (AvgIpc) is 2.30. The van der Waals surface area contributed by atoms with E-state index < -0.39 is 0 Å². The molecule has 0 aliphatic heterocycles. The molecule has 6 atom stereocenters. The molecule has 0 N–H and O–H groups in total. The van der Waals surface area contributed by atoms with Crippen LogP contribution in [-0.2, 0) is 0 Å². The number of fused-ring (bicyclic) bond motifs is 1. The maximum atomic E-state index is 2.55. The van der Waals surface area contributed by atoms with Gasteiger partial charge in [-0.25, -0.2) is 0 Å². The lowest BCUT2D eigenvalue weighted by molar-refractivity contribution is -0.0893. The van der Waals surface area contributed by atoms with E-state index in [0.29, 0.717) is 0 Å². The molecule has 2 saturated carbocycles. The monoisotopic (exact) mass is 222 g/mol. The Kier molecular flexibility index (Phi) is 3.97. The zero-order chi connectivity index (χ0) is 11.7. The van der Waals surface area contributed by atoms with E-state index in [0.717, 1.165) is 35.5 Å². The van der Waals surface area contributed by atoms with Crippen LogP contribution in [0.25, 0.3) is 0 Å². The van der Waals surface area contributed by atoms with Crippen LogP contribution in [0.1, 0.15) is 66.2 Å². The predicted molar refractivity (Wildman–Crippen MR) is 71.3 cm³/mol. The molecule has 0 spiro atoms. The quantitative estimate of drug-likeness (QED) is 0.578. The molecule has 0 aromatic heterocycles. The van der Waals surface area contributed by atoms with Crippen molar-refractivity contribution in [3.63, 3.8) is 0 Å². The molecular weight excluding hydrogens is 192 g/mol. The third-order valence-corrected chi connectivity index (χ3v) is 6.01. The van der Waals surface area contributed by atoms with Gasteiger partial charge in [0.15, 0.2) is 0 Å². The molecule has 0 heterocycles. The largest absolute Gasteiger partial charge is 0.0654 e. The first-order chi connectivity index (χ1) is 7.66. The van der Waals surface area contributed by atoms with Gasteiger partial charge in [0.25, 0.3) is 0 Å². The molecule has 0 bridgehead atoms. The van der Waals surface area contributed by atoms with Gasteiger partial charge in [-0.3, -0.25) is 0 Å². The van der Waals surface area contributed by atoms with E-state index in [-0.39, 0.29) is 0 Å². The Morgan fingerprint density at radius 1 is 0.875 bits per heavy atom. The van der Waals surface area contributed by atoms with Crippen molar-refractivity contribution in [1.82, 2.24) is 0 Å². The van der Waals surface area contributed by atoms with Crippen LogP contribution in [0.5, 0.6) is 0 Å². The lowest BCUT2D eigenvalue weighted by Crippen LogP contribution is -2.51. The van der Waals surface area contributed by atoms with E-state index in [1.807, 2.05) is 0 Å². The van der Waals surface area contributed by atoms with Crippen LogP contribution < -0.4 is 0 Å². The molecule has 16 heavy (non-hydrogen) atoms. The Morgan fingerprint density at radius 3 is 2.31 bits per heavy atom. The summed E-state index contributed by atoms with van der Waals surface area (Å²) in [5, 5.41) is 0. The van der Waals surface area contributed by atoms with Gasteiger partial charge in [0.1, 0.15) is 0 Å². The van der Waals surface area contributed by atoms with E-state index >= 15 is 0 Å². The van der Waals surface area contributed by atoms with Crippen molar-refractivity contribution >= 4 is 0 Å². The molecule has 0 heteroatoms. The third kappa shape index (κ3) is 2.05. The summed E-state index contributed by atoms with van der Waals surface area (Å²) in [6.45, 7) is 9.85. The minimum atomic E-state index is 1.01. The minimum Gasteiger partial charge on any atom is -0.0654 e. The van der Waals surface area contributed by atoms with Crippen LogP contribution in [0, 0.1) is 35.5 Å². The Bertz CT molecular complexity index is 218. The van der Waals surface area contributed by atoms with E-state index in [9.17, 15) is 0 Å². The summed E-state index contributed by atoms with van der Waals surface area (Å²) in [5.41, 5.74) is 0. The first-order valence-electron chi connectivity index (χ1n) is 7.66. The Morgan fingerprint density at radius 2 is 1.62 bits per heavy atom. The van der Waals surface area contributed by atoms with Gasteiger partial charge in [0.05, 0.1) is 0 Å². The predicted octanol–water partition coefficient (Wildman–Crippen LogP) is 5.13. The van der Waals surface area contributed by atoms with Crippen LogP contribution in [0.2, 0.25) is 0 Å². The molecule has 0 amide bonds. The maximum Gasteiger partial charge on any atom is -0.0326 e. The van der Waals surface area contributed by atoms with Gasteiger partial charge in [-0.1, -0.05) is 53.4 Å². The van der Waals surface area contributed by atoms with Crippen LogP contribution in [0.15, 0.2) is 0 Å². The van der Waals surface area contributed by atoms with Gasteiger partial charge in [0.2, 0.25) is 0 Å². The summed E-state index contributed by atoms with van der Waals surface area (Å²) in [7, 11) is 0. The van der Waals surface area contributed by atoms with Crippen molar-refractivity contribution < 1.29 is 0 Å². The van der Waals surface area contributed by atoms with Gasteiger partial charge in [0, 0.05) is 0 Å². The fraction of sp³-hybridized carbons (Fsp3) is 1.00. The molecule has 0 nitrogen and oxygen atoms in total. The SMILES string of the molecule is CCCCCC1CCC2C(C)C(C)C2C1C. The lowest BCUT2D eigenvalue weighted by atomic mass is 9.48. The average molecular weight is 222 g/mol. The summed E-state index contributed by atoms with van der Waals surface area (Å²) in [6, 6.07) is 0. The highest BCUT2D eigenvalue weighted by Gasteiger charge is 2.50. The summed E-state index contributed by atoms with van der Waals surface area (Å²) in [5.74, 6) is 6.27. The van der Waals surface area contributed by atoms with Crippen molar-refractivity contribution in [2.45, 2.75) is 66.2 Å². The highest BCUT2D eigenvalue weighted by molar-refractivity contribution is 4.99. The summed E-state index contributed by atoms with van der Waals surface area (Å²) < 4.78 is 0. The number of hydrogen-bond acceptors (Lipinski definition) is 0. The topological polar surface area (TPSA) is 0 Å². The van der Waals surface area contributed by atoms with Crippen LogP contribution in [-0.4, -0.2) is 0 Å². The zero-order valence-corrected chi connectivity index (χ0v) is 11.7. The van der Waals surface area contributed by atoms with E-state index in [2.05, 4.69) is 27.7 Å². The van der Waals surface area contributed by atoms with Gasteiger partial charge in [-0.05, 0) is 48.3 Å². The van der Waals surface area contributed by atoms with Crippen LogP contribution in [0.4, 0.5) is 0 Å². The Labute approximate surface area is 102 Å². The van der Waals surface area contributed by atoms with Gasteiger partial charge < -0.3 is 0 Å². The highest BCUT2D eigenvalue weighted by Crippen LogP contribution is 2.57. The van der Waals surface area contributed by atoms with Gasteiger partial charge >= 0.3 is 0 Å². The van der Waals surface area contributed by atoms with Crippen molar-refractivity contribution in [1.29, 1.82) is 0 Å². The number of hydrogen-bond donors (Lipinski definition) is 0. The van der Waals surface area contributed by atoms with Crippen molar-refractivity contribution in [2.75, 3.05) is 0 Å². The fourth-order valence-corrected chi connectivity index (χ4v) is 4.71. The second-order valence-electron chi connectivity index (χ2n) is 6.65. The first kappa shape index (κ1) is 12.5.